The SMILES string of the molecule is Cc1cccnc1NC(C)Oc1ccc(N)cc1. The highest BCUT2D eigenvalue weighted by Gasteiger charge is 2.06. The van der Waals surface area contributed by atoms with E-state index in [2.05, 4.69) is 10.3 Å². The fraction of sp³-hybridized carbons (Fsp3) is 0.214. The van der Waals surface area contributed by atoms with Crippen LogP contribution in [-0.2, 0) is 0 Å². The first kappa shape index (κ1) is 12.2. The van der Waals surface area contributed by atoms with Gasteiger partial charge in [0, 0.05) is 11.9 Å². The van der Waals surface area contributed by atoms with E-state index in [0.29, 0.717) is 0 Å². The summed E-state index contributed by atoms with van der Waals surface area (Å²) in [4.78, 5) is 4.26. The van der Waals surface area contributed by atoms with Gasteiger partial charge in [0.1, 0.15) is 11.6 Å². The molecule has 0 fully saturated rings. The molecule has 2 rings (SSSR count). The molecule has 0 saturated carbocycles. The minimum absolute atomic E-state index is 0.165. The van der Waals surface area contributed by atoms with E-state index >= 15 is 0 Å². The van der Waals surface area contributed by atoms with Crippen molar-refractivity contribution < 1.29 is 4.74 Å². The number of nitrogens with two attached hydrogens (primary N) is 1. The van der Waals surface area contributed by atoms with Gasteiger partial charge in [0.05, 0.1) is 0 Å². The van der Waals surface area contributed by atoms with Crippen molar-refractivity contribution in [1.29, 1.82) is 0 Å². The van der Waals surface area contributed by atoms with E-state index in [1.54, 1.807) is 6.20 Å². The van der Waals surface area contributed by atoms with E-state index in [1.165, 1.54) is 0 Å². The quantitative estimate of drug-likeness (QED) is 0.640. The lowest BCUT2D eigenvalue weighted by Crippen LogP contribution is -2.23. The molecule has 0 spiro atoms. The molecule has 0 amide bonds. The van der Waals surface area contributed by atoms with Crippen molar-refractivity contribution in [2.45, 2.75) is 20.1 Å². The van der Waals surface area contributed by atoms with Crippen molar-refractivity contribution in [2.24, 2.45) is 0 Å². The van der Waals surface area contributed by atoms with E-state index in [-0.39, 0.29) is 6.23 Å². The fourth-order valence-corrected chi connectivity index (χ4v) is 1.61. The lowest BCUT2D eigenvalue weighted by molar-refractivity contribution is 0.250. The van der Waals surface area contributed by atoms with E-state index in [4.69, 9.17) is 10.5 Å². The third-order valence-corrected chi connectivity index (χ3v) is 2.54. The molecule has 1 heterocycles. The molecule has 1 aromatic heterocycles. The maximum atomic E-state index is 5.72. The highest BCUT2D eigenvalue weighted by atomic mass is 16.5. The summed E-state index contributed by atoms with van der Waals surface area (Å²) < 4.78 is 5.72. The van der Waals surface area contributed by atoms with Gasteiger partial charge in [-0.15, -0.1) is 0 Å². The van der Waals surface area contributed by atoms with Crippen molar-refractivity contribution in [3.63, 3.8) is 0 Å². The third-order valence-electron chi connectivity index (χ3n) is 2.54. The first-order valence-corrected chi connectivity index (χ1v) is 5.85. The average molecular weight is 243 g/mol. The summed E-state index contributed by atoms with van der Waals surface area (Å²) in [6, 6.07) is 11.2. The lowest BCUT2D eigenvalue weighted by Gasteiger charge is -2.17. The van der Waals surface area contributed by atoms with Gasteiger partial charge in [-0.2, -0.15) is 0 Å². The molecule has 3 N–H and O–H groups in total. The smallest absolute Gasteiger partial charge is 0.168 e. The van der Waals surface area contributed by atoms with E-state index < -0.39 is 0 Å². The monoisotopic (exact) mass is 243 g/mol. The van der Waals surface area contributed by atoms with Gasteiger partial charge in [-0.3, -0.25) is 0 Å². The van der Waals surface area contributed by atoms with Crippen molar-refractivity contribution in [3.05, 3.63) is 48.2 Å². The number of nitrogens with one attached hydrogen (secondary N) is 1. The van der Waals surface area contributed by atoms with Crippen LogP contribution in [0.3, 0.4) is 0 Å². The van der Waals surface area contributed by atoms with Crippen molar-refractivity contribution in [1.82, 2.24) is 4.98 Å². The molecule has 1 unspecified atom stereocenters. The van der Waals surface area contributed by atoms with Crippen LogP contribution in [-0.4, -0.2) is 11.2 Å². The summed E-state index contributed by atoms with van der Waals surface area (Å²) in [6.07, 6.45) is 1.59. The van der Waals surface area contributed by atoms with Gasteiger partial charge in [0.25, 0.3) is 0 Å². The zero-order chi connectivity index (χ0) is 13.0. The second-order valence-electron chi connectivity index (χ2n) is 4.14. The Morgan fingerprint density at radius 3 is 2.61 bits per heavy atom. The zero-order valence-electron chi connectivity index (χ0n) is 10.6. The molecule has 94 valence electrons. The van der Waals surface area contributed by atoms with E-state index in [9.17, 15) is 0 Å². The molecule has 0 saturated heterocycles. The number of pyridine rings is 1. The topological polar surface area (TPSA) is 60.2 Å². The predicted molar refractivity (Wildman–Crippen MR) is 73.5 cm³/mol. The van der Waals surface area contributed by atoms with Crippen LogP contribution in [0.1, 0.15) is 12.5 Å². The molecule has 4 heteroatoms. The first-order valence-electron chi connectivity index (χ1n) is 5.85. The number of rotatable bonds is 4. The van der Waals surface area contributed by atoms with Crippen LogP contribution in [0.25, 0.3) is 0 Å². The summed E-state index contributed by atoms with van der Waals surface area (Å²) in [7, 11) is 0. The standard InChI is InChI=1S/C14H17N3O/c1-10-4-3-9-16-14(10)17-11(2)18-13-7-5-12(15)6-8-13/h3-9,11H,15H2,1-2H3,(H,16,17). The number of anilines is 2. The summed E-state index contributed by atoms with van der Waals surface area (Å²) >= 11 is 0. The van der Waals surface area contributed by atoms with Crippen LogP contribution in [0.2, 0.25) is 0 Å². The number of aromatic nitrogens is 1. The summed E-state index contributed by atoms with van der Waals surface area (Å²) in [5.74, 6) is 1.61. The molecular weight excluding hydrogens is 226 g/mol. The number of aryl methyl sites for hydroxylation is 1. The van der Waals surface area contributed by atoms with Gasteiger partial charge in [-0.1, -0.05) is 6.07 Å². The largest absolute Gasteiger partial charge is 0.471 e. The summed E-state index contributed by atoms with van der Waals surface area (Å²) in [5.41, 5.74) is 7.43. The highest BCUT2D eigenvalue weighted by molar-refractivity contribution is 5.44. The molecule has 1 atom stereocenters. The molecule has 0 aliphatic carbocycles. The minimum atomic E-state index is -0.165. The second-order valence-corrected chi connectivity index (χ2v) is 4.14. The van der Waals surface area contributed by atoms with Gasteiger partial charge in [0.15, 0.2) is 6.23 Å². The van der Waals surface area contributed by atoms with Crippen molar-refractivity contribution in [2.75, 3.05) is 11.1 Å². The van der Waals surface area contributed by atoms with Crippen LogP contribution in [0, 0.1) is 6.92 Å². The van der Waals surface area contributed by atoms with Crippen LogP contribution in [0.15, 0.2) is 42.6 Å². The van der Waals surface area contributed by atoms with Gasteiger partial charge in [-0.05, 0) is 49.7 Å². The Morgan fingerprint density at radius 2 is 1.94 bits per heavy atom. The number of ether oxygens (including phenoxy) is 1. The molecular formula is C14H17N3O. The normalized spacial score (nSPS) is 11.9. The highest BCUT2D eigenvalue weighted by Crippen LogP contribution is 2.16. The van der Waals surface area contributed by atoms with Crippen LogP contribution in [0.5, 0.6) is 5.75 Å². The Morgan fingerprint density at radius 1 is 1.22 bits per heavy atom. The molecule has 18 heavy (non-hydrogen) atoms. The van der Waals surface area contributed by atoms with Crippen LogP contribution >= 0.6 is 0 Å². The Labute approximate surface area is 107 Å². The summed E-state index contributed by atoms with van der Waals surface area (Å²) in [6.45, 7) is 3.94. The van der Waals surface area contributed by atoms with Gasteiger partial charge >= 0.3 is 0 Å². The molecule has 2 aromatic rings. The molecule has 0 bridgehead atoms. The van der Waals surface area contributed by atoms with Gasteiger partial charge in [-0.25, -0.2) is 4.98 Å². The number of nitrogen functional groups attached to an aromatic ring is 1. The predicted octanol–water partition coefficient (Wildman–Crippen LogP) is 2.81. The fourth-order valence-electron chi connectivity index (χ4n) is 1.61. The maximum absolute atomic E-state index is 5.72. The molecule has 4 nitrogen and oxygen atoms in total. The van der Waals surface area contributed by atoms with Crippen molar-refractivity contribution in [3.8, 4) is 5.75 Å². The molecule has 1 aromatic carbocycles. The zero-order valence-corrected chi connectivity index (χ0v) is 10.6. The van der Waals surface area contributed by atoms with Crippen LogP contribution in [0.4, 0.5) is 11.5 Å². The number of nitrogens with zero attached hydrogens (tertiary/aromatic N) is 1. The third kappa shape index (κ3) is 3.13. The maximum Gasteiger partial charge on any atom is 0.168 e. The Bertz CT molecular complexity index is 511. The second kappa shape index (κ2) is 5.40. The lowest BCUT2D eigenvalue weighted by atomic mass is 10.3. The Balaban J connectivity index is 1.99. The molecule has 0 radical (unpaired) electrons. The average Bonchev–Trinajstić information content (AvgIpc) is 2.35. The number of hydrogen-bond donors (Lipinski definition) is 2. The van der Waals surface area contributed by atoms with E-state index in [0.717, 1.165) is 22.8 Å². The van der Waals surface area contributed by atoms with Crippen LogP contribution < -0.4 is 15.8 Å². The summed E-state index contributed by atoms with van der Waals surface area (Å²) in [5, 5.41) is 3.21. The number of hydrogen-bond acceptors (Lipinski definition) is 4. The number of benzene rings is 1. The molecule has 0 aliphatic rings. The first-order chi connectivity index (χ1) is 8.65. The minimum Gasteiger partial charge on any atom is -0.471 e. The Hall–Kier alpha value is -2.23. The van der Waals surface area contributed by atoms with Gasteiger partial charge in [0.2, 0.25) is 0 Å². The Kier molecular flexibility index (Phi) is 3.67. The van der Waals surface area contributed by atoms with Crippen molar-refractivity contribution >= 4 is 11.5 Å². The molecule has 0 aliphatic heterocycles. The van der Waals surface area contributed by atoms with E-state index in [1.807, 2.05) is 50.2 Å². The van der Waals surface area contributed by atoms with Gasteiger partial charge < -0.3 is 15.8 Å².